The van der Waals surface area contributed by atoms with Crippen LogP contribution in [0.2, 0.25) is 0 Å². The van der Waals surface area contributed by atoms with Crippen LogP contribution in [-0.4, -0.2) is 51.4 Å². The van der Waals surface area contributed by atoms with Gasteiger partial charge in [0.15, 0.2) is 5.79 Å². The van der Waals surface area contributed by atoms with Crippen molar-refractivity contribution in [3.8, 4) is 0 Å². The molecular weight excluding hydrogens is 280 g/mol. The molecule has 2 atom stereocenters. The zero-order valence-corrected chi connectivity index (χ0v) is 12.3. The molecule has 1 heterocycles. The molecule has 0 N–H and O–H groups in total. The second kappa shape index (κ2) is 6.11. The quantitative estimate of drug-likeness (QED) is 0.550. The minimum atomic E-state index is -1.11. The standard InChI is InChI=1S/C14H20O7/c1-18-11(16)10-7-13(3-4-15,12(17)19-2)9-14(8-10)20-5-6-21-14/h4,10H,3,5-9H2,1-2H3/t10-,13-/m1/s1. The van der Waals surface area contributed by atoms with Crippen LogP contribution in [0.4, 0.5) is 0 Å². The van der Waals surface area contributed by atoms with Crippen LogP contribution in [0.15, 0.2) is 0 Å². The number of aldehydes is 1. The average molecular weight is 300 g/mol. The molecule has 0 bridgehead atoms. The Bertz CT molecular complexity index is 427. The lowest BCUT2D eigenvalue weighted by Crippen LogP contribution is -2.51. The second-order valence-electron chi connectivity index (χ2n) is 5.56. The van der Waals surface area contributed by atoms with E-state index in [9.17, 15) is 14.4 Å². The lowest BCUT2D eigenvalue weighted by Gasteiger charge is -2.44. The van der Waals surface area contributed by atoms with E-state index < -0.39 is 29.1 Å². The number of rotatable bonds is 4. The molecule has 2 rings (SSSR count). The number of ether oxygens (including phenoxy) is 4. The summed E-state index contributed by atoms with van der Waals surface area (Å²) in [4.78, 5) is 35.2. The third-order valence-corrected chi connectivity index (χ3v) is 4.24. The molecule has 2 fully saturated rings. The van der Waals surface area contributed by atoms with E-state index in [1.54, 1.807) is 0 Å². The van der Waals surface area contributed by atoms with Crippen LogP contribution in [0.1, 0.15) is 25.7 Å². The maximum atomic E-state index is 12.2. The molecule has 7 heteroatoms. The molecule has 0 unspecified atom stereocenters. The zero-order chi connectivity index (χ0) is 15.5. The fraction of sp³-hybridized carbons (Fsp3) is 0.786. The van der Waals surface area contributed by atoms with Crippen LogP contribution >= 0.6 is 0 Å². The average Bonchev–Trinajstić information content (AvgIpc) is 2.92. The van der Waals surface area contributed by atoms with Gasteiger partial charge >= 0.3 is 11.9 Å². The summed E-state index contributed by atoms with van der Waals surface area (Å²) in [5, 5.41) is 0. The van der Waals surface area contributed by atoms with Crippen LogP contribution in [0.25, 0.3) is 0 Å². The topological polar surface area (TPSA) is 88.1 Å². The van der Waals surface area contributed by atoms with E-state index in [1.165, 1.54) is 14.2 Å². The molecule has 118 valence electrons. The first-order valence-electron chi connectivity index (χ1n) is 6.89. The first kappa shape index (κ1) is 15.9. The Morgan fingerprint density at radius 3 is 2.38 bits per heavy atom. The summed E-state index contributed by atoms with van der Waals surface area (Å²) in [7, 11) is 2.55. The van der Waals surface area contributed by atoms with E-state index >= 15 is 0 Å². The monoisotopic (exact) mass is 300 g/mol. The number of methoxy groups -OCH3 is 2. The molecule has 0 aromatic carbocycles. The van der Waals surface area contributed by atoms with Gasteiger partial charge in [0.05, 0.1) is 38.8 Å². The third kappa shape index (κ3) is 2.94. The number of hydrogen-bond donors (Lipinski definition) is 0. The van der Waals surface area contributed by atoms with E-state index in [0.29, 0.717) is 25.9 Å². The van der Waals surface area contributed by atoms with Gasteiger partial charge < -0.3 is 23.7 Å². The van der Waals surface area contributed by atoms with Gasteiger partial charge in [-0.05, 0) is 6.42 Å². The molecule has 1 spiro atoms. The predicted octanol–water partition coefficient (Wildman–Crippen LogP) is 0.451. The van der Waals surface area contributed by atoms with Crippen LogP contribution in [0.5, 0.6) is 0 Å². The van der Waals surface area contributed by atoms with Gasteiger partial charge in [-0.2, -0.15) is 0 Å². The molecule has 1 saturated carbocycles. The molecule has 1 aliphatic carbocycles. The highest BCUT2D eigenvalue weighted by Crippen LogP contribution is 2.50. The second-order valence-corrected chi connectivity index (χ2v) is 5.56. The number of carbonyl (C=O) groups excluding carboxylic acids is 3. The van der Waals surface area contributed by atoms with Crippen molar-refractivity contribution in [2.75, 3.05) is 27.4 Å². The van der Waals surface area contributed by atoms with Gasteiger partial charge in [0, 0.05) is 19.3 Å². The first-order chi connectivity index (χ1) is 10.0. The summed E-state index contributed by atoms with van der Waals surface area (Å²) < 4.78 is 20.9. The largest absolute Gasteiger partial charge is 0.469 e. The maximum absolute atomic E-state index is 12.2. The molecule has 0 aromatic rings. The van der Waals surface area contributed by atoms with Crippen molar-refractivity contribution in [3.63, 3.8) is 0 Å². The fourth-order valence-electron chi connectivity index (χ4n) is 3.40. The van der Waals surface area contributed by atoms with Gasteiger partial charge in [0.2, 0.25) is 0 Å². The molecule has 1 aliphatic heterocycles. The number of esters is 2. The van der Waals surface area contributed by atoms with Gasteiger partial charge in [-0.1, -0.05) is 0 Å². The summed E-state index contributed by atoms with van der Waals surface area (Å²) >= 11 is 0. The van der Waals surface area contributed by atoms with Crippen molar-refractivity contribution in [1.29, 1.82) is 0 Å². The summed E-state index contributed by atoms with van der Waals surface area (Å²) in [5.41, 5.74) is -1.11. The molecule has 2 aliphatic rings. The fourth-order valence-corrected chi connectivity index (χ4v) is 3.40. The molecule has 1 saturated heterocycles. The Hall–Kier alpha value is -1.47. The smallest absolute Gasteiger partial charge is 0.312 e. The highest BCUT2D eigenvalue weighted by atomic mass is 16.7. The molecule has 7 nitrogen and oxygen atoms in total. The molecule has 21 heavy (non-hydrogen) atoms. The summed E-state index contributed by atoms with van der Waals surface area (Å²) in [6, 6.07) is 0. The SMILES string of the molecule is COC(=O)[C@H]1CC2(C[C@](CC=O)(C(=O)OC)C1)OCCO2. The van der Waals surface area contributed by atoms with Crippen molar-refractivity contribution >= 4 is 18.2 Å². The van der Waals surface area contributed by atoms with Crippen LogP contribution in [0.3, 0.4) is 0 Å². The Kier molecular flexibility index (Phi) is 4.63. The Morgan fingerprint density at radius 2 is 1.86 bits per heavy atom. The molecule has 0 aromatic heterocycles. The molecular formula is C14H20O7. The summed E-state index contributed by atoms with van der Waals surface area (Å²) in [6.45, 7) is 0.790. The first-order valence-corrected chi connectivity index (χ1v) is 6.89. The van der Waals surface area contributed by atoms with Gasteiger partial charge in [-0.15, -0.1) is 0 Å². The Balaban J connectivity index is 2.35. The highest BCUT2D eigenvalue weighted by Gasteiger charge is 2.57. The van der Waals surface area contributed by atoms with E-state index in [1.807, 2.05) is 0 Å². The van der Waals surface area contributed by atoms with Crippen molar-refractivity contribution in [1.82, 2.24) is 0 Å². The minimum absolute atomic E-state index is 0.0400. The Labute approximate surface area is 122 Å². The predicted molar refractivity (Wildman–Crippen MR) is 69.1 cm³/mol. The third-order valence-electron chi connectivity index (χ3n) is 4.24. The van der Waals surface area contributed by atoms with E-state index in [2.05, 4.69) is 0 Å². The lowest BCUT2D eigenvalue weighted by molar-refractivity contribution is -0.223. The van der Waals surface area contributed by atoms with Crippen molar-refractivity contribution in [2.24, 2.45) is 11.3 Å². The Morgan fingerprint density at radius 1 is 1.19 bits per heavy atom. The number of carbonyl (C=O) groups is 3. The van der Waals surface area contributed by atoms with Crippen molar-refractivity contribution < 1.29 is 33.3 Å². The van der Waals surface area contributed by atoms with Crippen molar-refractivity contribution in [3.05, 3.63) is 0 Å². The molecule has 0 amide bonds. The van der Waals surface area contributed by atoms with E-state index in [-0.39, 0.29) is 19.3 Å². The van der Waals surface area contributed by atoms with E-state index in [0.717, 1.165) is 0 Å². The van der Waals surface area contributed by atoms with Crippen LogP contribution in [0, 0.1) is 11.3 Å². The normalized spacial score (nSPS) is 30.9. The minimum Gasteiger partial charge on any atom is -0.469 e. The maximum Gasteiger partial charge on any atom is 0.312 e. The summed E-state index contributed by atoms with van der Waals surface area (Å²) in [6.07, 6.45) is 1.34. The highest BCUT2D eigenvalue weighted by molar-refractivity contribution is 5.82. The number of hydrogen-bond acceptors (Lipinski definition) is 7. The van der Waals surface area contributed by atoms with E-state index in [4.69, 9.17) is 18.9 Å². The van der Waals surface area contributed by atoms with Gasteiger partial charge in [0.25, 0.3) is 0 Å². The van der Waals surface area contributed by atoms with Crippen molar-refractivity contribution in [2.45, 2.75) is 31.5 Å². The molecule has 0 radical (unpaired) electrons. The summed E-state index contributed by atoms with van der Waals surface area (Å²) in [5.74, 6) is -2.55. The van der Waals surface area contributed by atoms with Gasteiger partial charge in [0.1, 0.15) is 6.29 Å². The van der Waals surface area contributed by atoms with Gasteiger partial charge in [-0.25, -0.2) is 0 Å². The van der Waals surface area contributed by atoms with Crippen LogP contribution in [-0.2, 0) is 33.3 Å². The van der Waals surface area contributed by atoms with Gasteiger partial charge in [-0.3, -0.25) is 9.59 Å². The zero-order valence-electron chi connectivity index (χ0n) is 12.3. The lowest BCUT2D eigenvalue weighted by atomic mass is 9.65. The van der Waals surface area contributed by atoms with Crippen LogP contribution < -0.4 is 0 Å².